The maximum Gasteiger partial charge on any atom is 0.211 e. The second-order valence-electron chi connectivity index (χ2n) is 9.10. The van der Waals surface area contributed by atoms with Gasteiger partial charge in [0.1, 0.15) is 11.4 Å². The zero-order chi connectivity index (χ0) is 22.0. The summed E-state index contributed by atoms with van der Waals surface area (Å²) in [7, 11) is 0. The minimum atomic E-state index is -0.870. The van der Waals surface area contributed by atoms with Gasteiger partial charge in [0.15, 0.2) is 6.61 Å². The van der Waals surface area contributed by atoms with Crippen LogP contribution in [0, 0.1) is 17.8 Å². The second-order valence-corrected chi connectivity index (χ2v) is 9.10. The molecule has 164 valence electrons. The Balaban J connectivity index is 1.48. The molecule has 6 nitrogen and oxygen atoms in total. The van der Waals surface area contributed by atoms with Gasteiger partial charge in [0.2, 0.25) is 5.82 Å². The zero-order valence-corrected chi connectivity index (χ0v) is 18.3. The number of ether oxygens (including phenoxy) is 1. The van der Waals surface area contributed by atoms with Crippen LogP contribution in [0.4, 0.5) is 0 Å². The Hall–Kier alpha value is -3.17. The molecule has 2 N–H and O–H groups in total. The number of fused-ring (bicyclic) bond motifs is 3. The number of nitrogens with one attached hydrogen (secondary N) is 1. The Bertz CT molecular complexity index is 1140. The van der Waals surface area contributed by atoms with E-state index in [2.05, 4.69) is 81.0 Å². The molecule has 1 heterocycles. The minimum Gasteiger partial charge on any atom is -0.485 e. The molecule has 1 fully saturated rings. The number of benzene rings is 2. The van der Waals surface area contributed by atoms with E-state index in [4.69, 9.17) is 4.74 Å². The number of aromatic amines is 1. The van der Waals surface area contributed by atoms with Gasteiger partial charge >= 0.3 is 0 Å². The fraction of sp³-hybridized carbons (Fsp3) is 0.423. The van der Waals surface area contributed by atoms with Crippen molar-refractivity contribution in [2.45, 2.75) is 63.1 Å². The quantitative estimate of drug-likeness (QED) is 0.605. The lowest BCUT2D eigenvalue weighted by molar-refractivity contribution is -0.00805. The summed E-state index contributed by atoms with van der Waals surface area (Å²) in [4.78, 5) is 0. The van der Waals surface area contributed by atoms with Gasteiger partial charge in [-0.15, -0.1) is 16.1 Å². The number of tetrazole rings is 1. The topological polar surface area (TPSA) is 83.9 Å². The van der Waals surface area contributed by atoms with Crippen LogP contribution in [-0.2, 0) is 24.9 Å². The van der Waals surface area contributed by atoms with E-state index in [0.29, 0.717) is 18.2 Å². The molecular formula is C26H28N4O2. The molecule has 0 aliphatic heterocycles. The summed E-state index contributed by atoms with van der Waals surface area (Å²) < 4.78 is 5.93. The van der Waals surface area contributed by atoms with Gasteiger partial charge in [-0.25, -0.2) is 0 Å². The molecule has 0 amide bonds. The van der Waals surface area contributed by atoms with Gasteiger partial charge in [-0.05, 0) is 80.2 Å². The van der Waals surface area contributed by atoms with Crippen molar-refractivity contribution in [2.24, 2.45) is 5.92 Å². The summed E-state index contributed by atoms with van der Waals surface area (Å²) in [5.74, 6) is 7.81. The number of aromatic nitrogens is 4. The van der Waals surface area contributed by atoms with Crippen LogP contribution in [0.5, 0.6) is 5.75 Å². The number of aryl methyl sites for hydroxylation is 1. The SMILES string of the molecule is CC#C[C@@]1(O)CC[C@@]2(Cc3ccccc3)c3ccc(OCc4nn[nH]n4)cc3CC[C@@H]2C1. The number of hydrogen-bond acceptors (Lipinski definition) is 5. The minimum absolute atomic E-state index is 0.00277. The van der Waals surface area contributed by atoms with E-state index in [9.17, 15) is 5.11 Å². The highest BCUT2D eigenvalue weighted by atomic mass is 16.5. The first-order chi connectivity index (χ1) is 15.6. The molecule has 32 heavy (non-hydrogen) atoms. The zero-order valence-electron chi connectivity index (χ0n) is 18.3. The number of rotatable bonds is 5. The van der Waals surface area contributed by atoms with Gasteiger partial charge in [0, 0.05) is 5.41 Å². The second kappa shape index (κ2) is 8.40. The maximum atomic E-state index is 11.1. The predicted octanol–water partition coefficient (Wildman–Crippen LogP) is 3.76. The predicted molar refractivity (Wildman–Crippen MR) is 121 cm³/mol. The molecular weight excluding hydrogens is 400 g/mol. The number of hydrogen-bond donors (Lipinski definition) is 2. The lowest BCUT2D eigenvalue weighted by atomic mass is 9.52. The van der Waals surface area contributed by atoms with Gasteiger partial charge < -0.3 is 9.84 Å². The molecule has 3 aromatic rings. The Morgan fingerprint density at radius 1 is 1.19 bits per heavy atom. The normalized spacial score (nSPS) is 26.4. The molecule has 3 atom stereocenters. The van der Waals surface area contributed by atoms with E-state index in [-0.39, 0.29) is 12.0 Å². The molecule has 2 aliphatic carbocycles. The van der Waals surface area contributed by atoms with E-state index in [0.717, 1.165) is 37.9 Å². The Labute approximate surface area is 188 Å². The van der Waals surface area contributed by atoms with Gasteiger partial charge in [-0.1, -0.05) is 47.5 Å². The summed E-state index contributed by atoms with van der Waals surface area (Å²) in [6.07, 6.45) is 5.36. The first-order valence-corrected chi connectivity index (χ1v) is 11.3. The molecule has 0 saturated heterocycles. The van der Waals surface area contributed by atoms with Crippen molar-refractivity contribution in [3.63, 3.8) is 0 Å². The van der Waals surface area contributed by atoms with Crippen LogP contribution >= 0.6 is 0 Å². The molecule has 0 spiro atoms. The van der Waals surface area contributed by atoms with Crippen molar-refractivity contribution in [1.82, 2.24) is 20.6 Å². The highest BCUT2D eigenvalue weighted by molar-refractivity contribution is 5.45. The first kappa shape index (κ1) is 20.7. The van der Waals surface area contributed by atoms with Crippen molar-refractivity contribution >= 4 is 0 Å². The Morgan fingerprint density at radius 2 is 2.06 bits per heavy atom. The van der Waals surface area contributed by atoms with Crippen molar-refractivity contribution in [1.29, 1.82) is 0 Å². The molecule has 6 heteroatoms. The van der Waals surface area contributed by atoms with Crippen LogP contribution < -0.4 is 4.74 Å². The number of H-pyrrole nitrogens is 1. The van der Waals surface area contributed by atoms with Gasteiger partial charge in [0.25, 0.3) is 0 Å². The highest BCUT2D eigenvalue weighted by Crippen LogP contribution is 2.54. The third-order valence-corrected chi connectivity index (χ3v) is 7.20. The number of aliphatic hydroxyl groups is 1. The average Bonchev–Trinajstić information content (AvgIpc) is 3.33. The van der Waals surface area contributed by atoms with E-state index in [1.54, 1.807) is 0 Å². The molecule has 5 rings (SSSR count). The van der Waals surface area contributed by atoms with Crippen LogP contribution in [0.15, 0.2) is 48.5 Å². The summed E-state index contributed by atoms with van der Waals surface area (Å²) in [6.45, 7) is 2.10. The molecule has 1 aromatic heterocycles. The molecule has 0 radical (unpaired) electrons. The fourth-order valence-corrected chi connectivity index (χ4v) is 5.78. The van der Waals surface area contributed by atoms with Gasteiger partial charge in [0.05, 0.1) is 0 Å². The van der Waals surface area contributed by atoms with Crippen molar-refractivity contribution in [3.05, 3.63) is 71.0 Å². The lowest BCUT2D eigenvalue weighted by Gasteiger charge is -2.52. The van der Waals surface area contributed by atoms with Crippen molar-refractivity contribution in [3.8, 4) is 17.6 Å². The van der Waals surface area contributed by atoms with E-state index in [1.165, 1.54) is 16.7 Å². The summed E-state index contributed by atoms with van der Waals surface area (Å²) >= 11 is 0. The van der Waals surface area contributed by atoms with E-state index < -0.39 is 5.60 Å². The van der Waals surface area contributed by atoms with Crippen LogP contribution in [-0.4, -0.2) is 31.3 Å². The van der Waals surface area contributed by atoms with E-state index in [1.807, 2.05) is 6.92 Å². The number of nitrogens with zero attached hydrogens (tertiary/aromatic N) is 3. The highest BCUT2D eigenvalue weighted by Gasteiger charge is 2.51. The van der Waals surface area contributed by atoms with Crippen LogP contribution in [0.25, 0.3) is 0 Å². The van der Waals surface area contributed by atoms with Crippen LogP contribution in [0.1, 0.15) is 55.1 Å². The molecule has 1 saturated carbocycles. The van der Waals surface area contributed by atoms with Gasteiger partial charge in [-0.3, -0.25) is 0 Å². The smallest absolute Gasteiger partial charge is 0.211 e. The van der Waals surface area contributed by atoms with E-state index >= 15 is 0 Å². The standard InChI is InChI=1S/C26H28N4O2/c1-2-12-25(31)13-14-26(16-19-6-4-3-5-7-19)21(17-25)9-8-20-15-22(10-11-23(20)26)32-18-24-27-29-30-28-24/h3-7,10-11,15,21,31H,8-9,13-14,16-18H2,1H3,(H,27,28,29,30)/t21-,25-,26+/m1/s1. The molecule has 0 unspecified atom stereocenters. The molecule has 2 aromatic carbocycles. The molecule has 0 bridgehead atoms. The maximum absolute atomic E-state index is 11.1. The monoisotopic (exact) mass is 428 g/mol. The Kier molecular flexibility index (Phi) is 5.44. The fourth-order valence-electron chi connectivity index (χ4n) is 5.78. The largest absolute Gasteiger partial charge is 0.485 e. The summed E-state index contributed by atoms with van der Waals surface area (Å²) in [6, 6.07) is 17.2. The summed E-state index contributed by atoms with van der Waals surface area (Å²) in [5, 5.41) is 25.1. The third-order valence-electron chi connectivity index (χ3n) is 7.20. The van der Waals surface area contributed by atoms with Crippen molar-refractivity contribution < 1.29 is 9.84 Å². The van der Waals surface area contributed by atoms with Crippen LogP contribution in [0.2, 0.25) is 0 Å². The third kappa shape index (κ3) is 3.89. The van der Waals surface area contributed by atoms with Crippen molar-refractivity contribution in [2.75, 3.05) is 0 Å². The first-order valence-electron chi connectivity index (χ1n) is 11.3. The Morgan fingerprint density at radius 3 is 2.84 bits per heavy atom. The lowest BCUT2D eigenvalue weighted by Crippen LogP contribution is -2.50. The average molecular weight is 429 g/mol. The van der Waals surface area contributed by atoms with Gasteiger partial charge in [-0.2, -0.15) is 5.21 Å². The van der Waals surface area contributed by atoms with Crippen LogP contribution in [0.3, 0.4) is 0 Å². The summed E-state index contributed by atoms with van der Waals surface area (Å²) in [5.41, 5.74) is 3.22. The molecule has 2 aliphatic rings.